The molecule has 4 heteroatoms. The Balaban J connectivity index is 1.68. The van der Waals surface area contributed by atoms with Crippen LogP contribution in [-0.2, 0) is 6.54 Å². The van der Waals surface area contributed by atoms with Crippen molar-refractivity contribution in [3.63, 3.8) is 0 Å². The van der Waals surface area contributed by atoms with Gasteiger partial charge in [0.2, 0.25) is 6.79 Å². The molecule has 3 nitrogen and oxygen atoms in total. The first-order valence-corrected chi connectivity index (χ1v) is 6.98. The van der Waals surface area contributed by atoms with Gasteiger partial charge in [0, 0.05) is 23.2 Å². The molecule has 2 aromatic carbocycles. The van der Waals surface area contributed by atoms with E-state index in [4.69, 9.17) is 21.1 Å². The molecule has 1 heterocycles. The molecule has 0 radical (unpaired) electrons. The average molecular weight is 290 g/mol. The molecule has 0 amide bonds. The lowest BCUT2D eigenvalue weighted by atomic mass is 10.1. The second-order valence-corrected chi connectivity index (χ2v) is 5.24. The summed E-state index contributed by atoms with van der Waals surface area (Å²) in [5.74, 6) is 1.67. The van der Waals surface area contributed by atoms with E-state index in [1.165, 1.54) is 5.56 Å². The van der Waals surface area contributed by atoms with Crippen LogP contribution in [0.25, 0.3) is 0 Å². The average Bonchev–Trinajstić information content (AvgIpc) is 2.94. The van der Waals surface area contributed by atoms with Crippen molar-refractivity contribution in [2.45, 2.75) is 19.5 Å². The molecule has 0 fully saturated rings. The second kappa shape index (κ2) is 5.73. The van der Waals surface area contributed by atoms with Gasteiger partial charge in [-0.3, -0.25) is 0 Å². The zero-order valence-corrected chi connectivity index (χ0v) is 12.0. The van der Waals surface area contributed by atoms with Crippen LogP contribution in [0, 0.1) is 0 Å². The van der Waals surface area contributed by atoms with Gasteiger partial charge in [-0.2, -0.15) is 0 Å². The van der Waals surface area contributed by atoms with Crippen LogP contribution in [0.2, 0.25) is 5.02 Å². The van der Waals surface area contributed by atoms with Crippen LogP contribution in [0.5, 0.6) is 11.5 Å². The van der Waals surface area contributed by atoms with E-state index in [9.17, 15) is 0 Å². The van der Waals surface area contributed by atoms with Crippen molar-refractivity contribution in [1.29, 1.82) is 0 Å². The monoisotopic (exact) mass is 289 g/mol. The van der Waals surface area contributed by atoms with E-state index < -0.39 is 0 Å². The quantitative estimate of drug-likeness (QED) is 0.925. The smallest absolute Gasteiger partial charge is 0.231 e. The number of fused-ring (bicyclic) bond motifs is 1. The molecule has 1 atom stereocenters. The van der Waals surface area contributed by atoms with Gasteiger partial charge < -0.3 is 14.8 Å². The lowest BCUT2D eigenvalue weighted by Crippen LogP contribution is -2.18. The highest BCUT2D eigenvalue weighted by Crippen LogP contribution is 2.35. The highest BCUT2D eigenvalue weighted by molar-refractivity contribution is 6.30. The number of ether oxygens (including phenoxy) is 2. The molecule has 1 aliphatic rings. The summed E-state index contributed by atoms with van der Waals surface area (Å²) in [5, 5.41) is 4.24. The van der Waals surface area contributed by atoms with Crippen LogP contribution < -0.4 is 14.8 Å². The lowest BCUT2D eigenvalue weighted by molar-refractivity contribution is 0.173. The van der Waals surface area contributed by atoms with Gasteiger partial charge in [-0.25, -0.2) is 0 Å². The third-order valence-corrected chi connectivity index (χ3v) is 3.70. The molecule has 0 bridgehead atoms. The van der Waals surface area contributed by atoms with Crippen molar-refractivity contribution in [2.75, 3.05) is 6.79 Å². The van der Waals surface area contributed by atoms with Crippen LogP contribution in [0.4, 0.5) is 0 Å². The summed E-state index contributed by atoms with van der Waals surface area (Å²) in [5.41, 5.74) is 2.32. The molecule has 0 spiro atoms. The lowest BCUT2D eigenvalue weighted by Gasteiger charge is -2.15. The fourth-order valence-electron chi connectivity index (χ4n) is 2.26. The van der Waals surface area contributed by atoms with Gasteiger partial charge in [0.25, 0.3) is 0 Å². The van der Waals surface area contributed by atoms with E-state index in [0.29, 0.717) is 6.79 Å². The van der Waals surface area contributed by atoms with Crippen LogP contribution in [0.3, 0.4) is 0 Å². The Kier molecular flexibility index (Phi) is 3.81. The van der Waals surface area contributed by atoms with Gasteiger partial charge in [-0.05, 0) is 30.7 Å². The summed E-state index contributed by atoms with van der Waals surface area (Å²) < 4.78 is 10.9. The molecule has 3 rings (SSSR count). The summed E-state index contributed by atoms with van der Waals surface area (Å²) in [6.07, 6.45) is 0. The number of hydrogen-bond donors (Lipinski definition) is 1. The second-order valence-electron chi connectivity index (χ2n) is 4.81. The van der Waals surface area contributed by atoms with Gasteiger partial charge in [-0.15, -0.1) is 0 Å². The van der Waals surface area contributed by atoms with Gasteiger partial charge in [-0.1, -0.05) is 35.9 Å². The van der Waals surface area contributed by atoms with Gasteiger partial charge >= 0.3 is 0 Å². The molecular weight excluding hydrogens is 274 g/mol. The molecular formula is C16H16ClNO2. The zero-order valence-electron chi connectivity index (χ0n) is 11.2. The molecule has 20 heavy (non-hydrogen) atoms. The Morgan fingerprint density at radius 2 is 1.95 bits per heavy atom. The number of para-hydroxylation sites is 1. The number of halogens is 1. The Bertz CT molecular complexity index is 598. The predicted molar refractivity (Wildman–Crippen MR) is 79.3 cm³/mol. The van der Waals surface area contributed by atoms with Crippen molar-refractivity contribution in [3.05, 3.63) is 58.6 Å². The van der Waals surface area contributed by atoms with Crippen molar-refractivity contribution in [1.82, 2.24) is 5.32 Å². The van der Waals surface area contributed by atoms with E-state index in [2.05, 4.69) is 18.3 Å². The van der Waals surface area contributed by atoms with E-state index in [0.717, 1.165) is 28.6 Å². The summed E-state index contributed by atoms with van der Waals surface area (Å²) in [6, 6.07) is 14.1. The molecule has 0 unspecified atom stereocenters. The maximum atomic E-state index is 5.90. The van der Waals surface area contributed by atoms with E-state index in [-0.39, 0.29) is 6.04 Å². The first-order valence-electron chi connectivity index (χ1n) is 6.60. The van der Waals surface area contributed by atoms with Crippen molar-refractivity contribution in [2.24, 2.45) is 0 Å². The summed E-state index contributed by atoms with van der Waals surface area (Å²) in [4.78, 5) is 0. The predicted octanol–water partition coefficient (Wildman–Crippen LogP) is 3.92. The normalized spacial score (nSPS) is 14.3. The van der Waals surface area contributed by atoms with E-state index in [1.54, 1.807) is 0 Å². The molecule has 0 saturated carbocycles. The highest BCUT2D eigenvalue weighted by atomic mass is 35.5. The third-order valence-electron chi connectivity index (χ3n) is 3.45. The van der Waals surface area contributed by atoms with Crippen LogP contribution in [-0.4, -0.2) is 6.79 Å². The summed E-state index contributed by atoms with van der Waals surface area (Å²) >= 11 is 5.90. The first-order chi connectivity index (χ1) is 9.74. The fraction of sp³-hybridized carbons (Fsp3) is 0.250. The molecule has 0 aliphatic carbocycles. The minimum atomic E-state index is 0.241. The van der Waals surface area contributed by atoms with Crippen molar-refractivity contribution >= 4 is 11.6 Å². The van der Waals surface area contributed by atoms with Gasteiger partial charge in [0.05, 0.1) is 0 Å². The molecule has 104 valence electrons. The summed E-state index contributed by atoms with van der Waals surface area (Å²) in [7, 11) is 0. The highest BCUT2D eigenvalue weighted by Gasteiger charge is 2.17. The summed E-state index contributed by atoms with van der Waals surface area (Å²) in [6.45, 7) is 3.17. The van der Waals surface area contributed by atoms with Crippen molar-refractivity contribution < 1.29 is 9.47 Å². The SMILES string of the molecule is C[C@H](NCc1cccc2c1OCO2)c1ccc(Cl)cc1. The molecule has 1 N–H and O–H groups in total. The van der Waals surface area contributed by atoms with Gasteiger partial charge in [0.1, 0.15) is 0 Å². The Labute approximate surface area is 123 Å². The van der Waals surface area contributed by atoms with Crippen LogP contribution in [0.1, 0.15) is 24.1 Å². The minimum absolute atomic E-state index is 0.241. The number of rotatable bonds is 4. The van der Waals surface area contributed by atoms with Crippen LogP contribution >= 0.6 is 11.6 Å². The Morgan fingerprint density at radius 3 is 2.75 bits per heavy atom. The van der Waals surface area contributed by atoms with Gasteiger partial charge in [0.15, 0.2) is 11.5 Å². The standard InChI is InChI=1S/C16H16ClNO2/c1-11(12-5-7-14(17)8-6-12)18-9-13-3-2-4-15-16(13)20-10-19-15/h2-8,11,18H,9-10H2,1H3/t11-/m0/s1. The van der Waals surface area contributed by atoms with E-state index >= 15 is 0 Å². The maximum Gasteiger partial charge on any atom is 0.231 e. The molecule has 1 aliphatic heterocycles. The zero-order chi connectivity index (χ0) is 13.9. The molecule has 0 aromatic heterocycles. The topological polar surface area (TPSA) is 30.5 Å². The molecule has 0 saturated heterocycles. The van der Waals surface area contributed by atoms with Crippen molar-refractivity contribution in [3.8, 4) is 11.5 Å². The number of hydrogen-bond acceptors (Lipinski definition) is 3. The Hall–Kier alpha value is -1.71. The Morgan fingerprint density at radius 1 is 1.15 bits per heavy atom. The van der Waals surface area contributed by atoms with E-state index in [1.807, 2.05) is 36.4 Å². The first kappa shape index (κ1) is 13.3. The maximum absolute atomic E-state index is 5.90. The minimum Gasteiger partial charge on any atom is -0.454 e. The number of benzene rings is 2. The fourth-order valence-corrected chi connectivity index (χ4v) is 2.39. The largest absolute Gasteiger partial charge is 0.454 e. The molecule has 2 aromatic rings. The third kappa shape index (κ3) is 2.74. The van der Waals surface area contributed by atoms with Crippen LogP contribution in [0.15, 0.2) is 42.5 Å². The number of nitrogens with one attached hydrogen (secondary N) is 1.